The molecule has 0 aromatic carbocycles. The standard InChI is InChI=1S/C12H16O5/c1-16-10(13)8-6-2-4-12(15)5-3-7(9(6)12)17-11(8)14/h2,4,6-9,11,14-15H,3,5H2,1H3/t6-,7-,8+,9+,11-,12+/m0/s1. The van der Waals surface area contributed by atoms with Crippen LogP contribution in [-0.2, 0) is 14.3 Å². The van der Waals surface area contributed by atoms with E-state index in [0.29, 0.717) is 12.8 Å². The molecule has 5 heteroatoms. The van der Waals surface area contributed by atoms with Crippen LogP contribution in [-0.4, -0.2) is 41.3 Å². The van der Waals surface area contributed by atoms with Gasteiger partial charge in [-0.05, 0) is 12.8 Å². The van der Waals surface area contributed by atoms with Crippen molar-refractivity contribution in [1.29, 1.82) is 0 Å². The molecule has 0 spiro atoms. The predicted molar refractivity (Wildman–Crippen MR) is 56.7 cm³/mol. The highest BCUT2D eigenvalue weighted by atomic mass is 16.6. The minimum absolute atomic E-state index is 0.130. The Morgan fingerprint density at radius 3 is 3.06 bits per heavy atom. The van der Waals surface area contributed by atoms with E-state index in [4.69, 9.17) is 9.47 Å². The first-order valence-corrected chi connectivity index (χ1v) is 5.90. The second-order valence-corrected chi connectivity index (χ2v) is 5.11. The average Bonchev–Trinajstić information content (AvgIpc) is 2.80. The van der Waals surface area contributed by atoms with Gasteiger partial charge in [0.15, 0.2) is 6.29 Å². The molecule has 0 unspecified atom stereocenters. The Balaban J connectivity index is 1.95. The normalized spacial score (nSPS) is 51.4. The molecule has 0 bridgehead atoms. The molecule has 0 aromatic heterocycles. The summed E-state index contributed by atoms with van der Waals surface area (Å²) < 4.78 is 10.1. The summed E-state index contributed by atoms with van der Waals surface area (Å²) in [6, 6.07) is 0. The number of carbonyl (C=O) groups is 1. The van der Waals surface area contributed by atoms with E-state index < -0.39 is 23.8 Å². The molecule has 2 N–H and O–H groups in total. The molecule has 94 valence electrons. The van der Waals surface area contributed by atoms with E-state index in [9.17, 15) is 15.0 Å². The molecule has 0 radical (unpaired) electrons. The van der Waals surface area contributed by atoms with Crippen LogP contribution in [0.25, 0.3) is 0 Å². The van der Waals surface area contributed by atoms with Gasteiger partial charge in [-0.25, -0.2) is 0 Å². The molecular formula is C12H16O5. The monoisotopic (exact) mass is 240 g/mol. The van der Waals surface area contributed by atoms with Gasteiger partial charge in [-0.2, -0.15) is 0 Å². The summed E-state index contributed by atoms with van der Waals surface area (Å²) in [7, 11) is 1.29. The Labute approximate surface area is 99.0 Å². The maximum atomic E-state index is 11.7. The van der Waals surface area contributed by atoms with Crippen LogP contribution in [0.4, 0.5) is 0 Å². The first-order chi connectivity index (χ1) is 8.07. The molecule has 1 saturated carbocycles. The van der Waals surface area contributed by atoms with Gasteiger partial charge in [-0.15, -0.1) is 0 Å². The van der Waals surface area contributed by atoms with Gasteiger partial charge in [0.1, 0.15) is 5.92 Å². The molecule has 6 atom stereocenters. The number of hydrogen-bond acceptors (Lipinski definition) is 5. The fourth-order valence-corrected chi connectivity index (χ4v) is 3.57. The van der Waals surface area contributed by atoms with E-state index in [1.807, 2.05) is 6.08 Å². The Kier molecular flexibility index (Phi) is 2.33. The summed E-state index contributed by atoms with van der Waals surface area (Å²) >= 11 is 0. The third-order valence-electron chi connectivity index (χ3n) is 4.34. The van der Waals surface area contributed by atoms with Crippen LogP contribution in [0, 0.1) is 17.8 Å². The summed E-state index contributed by atoms with van der Waals surface area (Å²) in [5.41, 5.74) is -0.873. The first-order valence-electron chi connectivity index (χ1n) is 5.90. The number of hydrogen-bond donors (Lipinski definition) is 2. The van der Waals surface area contributed by atoms with Crippen LogP contribution in [0.15, 0.2) is 12.2 Å². The lowest BCUT2D eigenvalue weighted by Crippen LogP contribution is -2.51. The van der Waals surface area contributed by atoms with Crippen LogP contribution in [0.3, 0.4) is 0 Å². The number of carbonyl (C=O) groups excluding carboxylic acids is 1. The zero-order chi connectivity index (χ0) is 12.2. The van der Waals surface area contributed by atoms with Gasteiger partial charge in [0.05, 0.1) is 18.8 Å². The minimum Gasteiger partial charge on any atom is -0.469 e. The number of methoxy groups -OCH3 is 1. The molecule has 17 heavy (non-hydrogen) atoms. The zero-order valence-corrected chi connectivity index (χ0v) is 9.57. The van der Waals surface area contributed by atoms with Gasteiger partial charge in [0, 0.05) is 11.8 Å². The maximum Gasteiger partial charge on any atom is 0.314 e. The van der Waals surface area contributed by atoms with Crippen molar-refractivity contribution in [1.82, 2.24) is 0 Å². The van der Waals surface area contributed by atoms with Crippen LogP contribution in [0.5, 0.6) is 0 Å². The van der Waals surface area contributed by atoms with Gasteiger partial charge in [0.25, 0.3) is 0 Å². The highest BCUT2D eigenvalue weighted by Crippen LogP contribution is 2.53. The molecule has 2 fully saturated rings. The first kappa shape index (κ1) is 11.2. The minimum atomic E-state index is -1.14. The number of ether oxygens (including phenoxy) is 2. The molecule has 0 aromatic rings. The van der Waals surface area contributed by atoms with E-state index in [-0.39, 0.29) is 17.9 Å². The number of aliphatic hydroxyl groups is 2. The van der Waals surface area contributed by atoms with E-state index in [1.165, 1.54) is 7.11 Å². The fraction of sp³-hybridized carbons (Fsp3) is 0.750. The Bertz CT molecular complexity index is 379. The number of esters is 1. The van der Waals surface area contributed by atoms with Gasteiger partial charge in [-0.1, -0.05) is 12.2 Å². The lowest BCUT2D eigenvalue weighted by atomic mass is 9.76. The Morgan fingerprint density at radius 2 is 2.35 bits per heavy atom. The number of rotatable bonds is 1. The molecule has 1 aliphatic heterocycles. The third kappa shape index (κ3) is 1.39. The fourth-order valence-electron chi connectivity index (χ4n) is 3.57. The van der Waals surface area contributed by atoms with Crippen molar-refractivity contribution in [2.45, 2.75) is 30.8 Å². The van der Waals surface area contributed by atoms with Crippen molar-refractivity contribution >= 4 is 5.97 Å². The van der Waals surface area contributed by atoms with E-state index >= 15 is 0 Å². The second kappa shape index (κ2) is 3.54. The molecule has 0 amide bonds. The summed E-state index contributed by atoms with van der Waals surface area (Å²) in [6.45, 7) is 0. The molecule has 5 nitrogen and oxygen atoms in total. The van der Waals surface area contributed by atoms with Gasteiger partial charge in [-0.3, -0.25) is 4.79 Å². The van der Waals surface area contributed by atoms with Crippen molar-refractivity contribution in [3.63, 3.8) is 0 Å². The van der Waals surface area contributed by atoms with Gasteiger partial charge < -0.3 is 19.7 Å². The largest absolute Gasteiger partial charge is 0.469 e. The molecule has 2 aliphatic carbocycles. The lowest BCUT2D eigenvalue weighted by molar-refractivity contribution is -0.233. The SMILES string of the molecule is COC(=O)[C@H]1[C@@H]2C=C[C@@]3(O)CC[C@H](O[C@@H]1O)[C@@H]23. The van der Waals surface area contributed by atoms with Gasteiger partial charge >= 0.3 is 5.97 Å². The van der Waals surface area contributed by atoms with Crippen LogP contribution >= 0.6 is 0 Å². The van der Waals surface area contributed by atoms with Gasteiger partial charge in [0.2, 0.25) is 0 Å². The smallest absolute Gasteiger partial charge is 0.314 e. The highest BCUT2D eigenvalue weighted by Gasteiger charge is 2.60. The van der Waals surface area contributed by atoms with Crippen molar-refractivity contribution in [2.75, 3.05) is 7.11 Å². The number of allylic oxidation sites excluding steroid dienone is 1. The second-order valence-electron chi connectivity index (χ2n) is 5.11. The van der Waals surface area contributed by atoms with E-state index in [1.54, 1.807) is 6.08 Å². The predicted octanol–water partition coefficient (Wildman–Crippen LogP) is -0.180. The van der Waals surface area contributed by atoms with Crippen LogP contribution in [0.2, 0.25) is 0 Å². The zero-order valence-electron chi connectivity index (χ0n) is 9.57. The van der Waals surface area contributed by atoms with E-state index in [2.05, 4.69) is 0 Å². The van der Waals surface area contributed by atoms with E-state index in [0.717, 1.165) is 0 Å². The summed E-state index contributed by atoms with van der Waals surface area (Å²) in [5.74, 6) is -1.54. The van der Waals surface area contributed by atoms with Crippen molar-refractivity contribution in [2.24, 2.45) is 17.8 Å². The summed E-state index contributed by atoms with van der Waals surface area (Å²) in [5, 5.41) is 20.3. The molecule has 1 heterocycles. The van der Waals surface area contributed by atoms with Crippen molar-refractivity contribution in [3.05, 3.63) is 12.2 Å². The van der Waals surface area contributed by atoms with Crippen molar-refractivity contribution < 1.29 is 24.5 Å². The maximum absolute atomic E-state index is 11.7. The highest BCUT2D eigenvalue weighted by molar-refractivity contribution is 5.74. The molecule has 1 saturated heterocycles. The van der Waals surface area contributed by atoms with Crippen LogP contribution < -0.4 is 0 Å². The van der Waals surface area contributed by atoms with Crippen LogP contribution in [0.1, 0.15) is 12.8 Å². The average molecular weight is 240 g/mol. The number of aliphatic hydroxyl groups excluding tert-OH is 1. The third-order valence-corrected chi connectivity index (χ3v) is 4.34. The Morgan fingerprint density at radius 1 is 1.59 bits per heavy atom. The molecule has 3 aliphatic rings. The molecule has 3 rings (SSSR count). The summed E-state index contributed by atoms with van der Waals surface area (Å²) in [6.07, 6.45) is 3.60. The topological polar surface area (TPSA) is 76.0 Å². The lowest BCUT2D eigenvalue weighted by Gasteiger charge is -2.40. The Hall–Kier alpha value is -0.910. The molecular weight excluding hydrogens is 224 g/mol. The quantitative estimate of drug-likeness (QED) is 0.491. The van der Waals surface area contributed by atoms with Crippen molar-refractivity contribution in [3.8, 4) is 0 Å². The summed E-state index contributed by atoms with van der Waals surface area (Å²) in [4.78, 5) is 11.7.